The minimum atomic E-state index is -0.398. The van der Waals surface area contributed by atoms with Gasteiger partial charge in [0, 0.05) is 6.04 Å². The van der Waals surface area contributed by atoms with E-state index in [9.17, 15) is 4.39 Å². The smallest absolute Gasteiger partial charge is 0.126 e. The van der Waals surface area contributed by atoms with Gasteiger partial charge in [-0.2, -0.15) is 0 Å². The van der Waals surface area contributed by atoms with Crippen LogP contribution < -0.4 is 5.32 Å². The van der Waals surface area contributed by atoms with Crippen molar-refractivity contribution in [1.82, 2.24) is 0 Å². The summed E-state index contributed by atoms with van der Waals surface area (Å²) in [4.78, 5) is 0. The average molecular weight is 290 g/mol. The maximum atomic E-state index is 13.1. The minimum absolute atomic E-state index is 0.359. The quantitative estimate of drug-likeness (QED) is 0.773. The fourth-order valence-electron chi connectivity index (χ4n) is 2.60. The minimum Gasteiger partial charge on any atom is -0.380 e. The van der Waals surface area contributed by atoms with E-state index >= 15 is 0 Å². The zero-order valence-electron chi connectivity index (χ0n) is 10.5. The van der Waals surface area contributed by atoms with Gasteiger partial charge in [-0.25, -0.2) is 4.39 Å². The molecule has 1 nitrogen and oxygen atoms in total. The molecule has 0 aromatic heterocycles. The van der Waals surface area contributed by atoms with Crippen LogP contribution in [0.3, 0.4) is 0 Å². The van der Waals surface area contributed by atoms with Crippen LogP contribution in [-0.4, -0.2) is 6.04 Å². The lowest BCUT2D eigenvalue weighted by Crippen LogP contribution is -2.26. The third-order valence-electron chi connectivity index (χ3n) is 3.78. The Labute approximate surface area is 118 Å². The van der Waals surface area contributed by atoms with Crippen LogP contribution in [0, 0.1) is 11.7 Å². The van der Waals surface area contributed by atoms with Crippen LogP contribution in [-0.2, 0) is 0 Å². The molecule has 100 valence electrons. The van der Waals surface area contributed by atoms with Crippen molar-refractivity contribution in [3.63, 3.8) is 0 Å². The monoisotopic (exact) mass is 289 g/mol. The molecular weight excluding hydrogens is 272 g/mol. The van der Waals surface area contributed by atoms with Crippen LogP contribution in [0.15, 0.2) is 12.1 Å². The van der Waals surface area contributed by atoms with Gasteiger partial charge in [-0.15, -0.1) is 0 Å². The lowest BCUT2D eigenvalue weighted by Gasteiger charge is -2.29. The van der Waals surface area contributed by atoms with Gasteiger partial charge in [0.1, 0.15) is 5.82 Å². The van der Waals surface area contributed by atoms with E-state index < -0.39 is 5.82 Å². The van der Waals surface area contributed by atoms with Gasteiger partial charge in [0.05, 0.1) is 15.7 Å². The van der Waals surface area contributed by atoms with Gasteiger partial charge < -0.3 is 5.32 Å². The summed E-state index contributed by atoms with van der Waals surface area (Å²) in [7, 11) is 0. The summed E-state index contributed by atoms with van der Waals surface area (Å²) in [6.45, 7) is 2.24. The van der Waals surface area contributed by atoms with Crippen molar-refractivity contribution in [2.24, 2.45) is 5.92 Å². The molecule has 1 saturated carbocycles. The number of anilines is 1. The summed E-state index contributed by atoms with van der Waals surface area (Å²) in [5.74, 6) is 0.451. The second-order valence-corrected chi connectivity index (χ2v) is 5.83. The number of hydrogen-bond acceptors (Lipinski definition) is 1. The molecule has 0 saturated heterocycles. The van der Waals surface area contributed by atoms with Crippen molar-refractivity contribution in [3.05, 3.63) is 28.0 Å². The van der Waals surface area contributed by atoms with Crippen molar-refractivity contribution in [1.29, 1.82) is 0 Å². The van der Waals surface area contributed by atoms with E-state index in [1.54, 1.807) is 0 Å². The van der Waals surface area contributed by atoms with Crippen molar-refractivity contribution < 1.29 is 4.39 Å². The molecule has 1 N–H and O–H groups in total. The van der Waals surface area contributed by atoms with E-state index in [1.165, 1.54) is 31.4 Å². The highest BCUT2D eigenvalue weighted by atomic mass is 35.5. The Hall–Kier alpha value is -0.470. The first-order chi connectivity index (χ1) is 8.60. The Bertz CT molecular complexity index is 391. The molecule has 0 heterocycles. The number of benzene rings is 1. The summed E-state index contributed by atoms with van der Waals surface area (Å²) in [6.07, 6.45) is 5.99. The van der Waals surface area contributed by atoms with Gasteiger partial charge in [0.2, 0.25) is 0 Å². The fourth-order valence-corrected chi connectivity index (χ4v) is 3.17. The predicted octanol–water partition coefficient (Wildman–Crippen LogP) is 5.51. The molecule has 18 heavy (non-hydrogen) atoms. The Kier molecular flexibility index (Phi) is 4.74. The molecule has 0 bridgehead atoms. The van der Waals surface area contributed by atoms with E-state index in [0.717, 1.165) is 18.8 Å². The molecule has 0 amide bonds. The molecule has 0 atom stereocenters. The molecule has 0 unspecified atom stereocenters. The summed E-state index contributed by atoms with van der Waals surface area (Å²) in [6, 6.07) is 2.99. The van der Waals surface area contributed by atoms with Gasteiger partial charge in [0.15, 0.2) is 0 Å². The number of halogens is 3. The lowest BCUT2D eigenvalue weighted by molar-refractivity contribution is 0.330. The number of rotatable bonds is 3. The molecule has 4 heteroatoms. The Morgan fingerprint density at radius 2 is 1.72 bits per heavy atom. The van der Waals surface area contributed by atoms with Crippen molar-refractivity contribution in [2.75, 3.05) is 5.32 Å². The first-order valence-electron chi connectivity index (χ1n) is 6.51. The van der Waals surface area contributed by atoms with E-state index in [2.05, 4.69) is 12.2 Å². The average Bonchev–Trinajstić information content (AvgIpc) is 2.34. The van der Waals surface area contributed by atoms with Crippen molar-refractivity contribution >= 4 is 28.9 Å². The molecule has 1 aliphatic carbocycles. The van der Waals surface area contributed by atoms with Crippen LogP contribution in [0.4, 0.5) is 10.1 Å². The Morgan fingerprint density at radius 1 is 1.17 bits per heavy atom. The van der Waals surface area contributed by atoms with Gasteiger partial charge >= 0.3 is 0 Å². The largest absolute Gasteiger partial charge is 0.380 e. The molecule has 0 spiro atoms. The van der Waals surface area contributed by atoms with Crippen molar-refractivity contribution in [2.45, 2.75) is 45.1 Å². The summed E-state index contributed by atoms with van der Waals surface area (Å²) in [5, 5.41) is 4.08. The van der Waals surface area contributed by atoms with Gasteiger partial charge in [-0.05, 0) is 43.7 Å². The molecule has 1 aliphatic rings. The van der Waals surface area contributed by atoms with Crippen LogP contribution in [0.2, 0.25) is 10.0 Å². The standard InChI is InChI=1S/C14H18Cl2FN/c1-2-9-3-5-11(6-4-9)18-14-12(15)7-10(17)8-13(14)16/h7-9,11,18H,2-6H2,1H3. The molecule has 1 aromatic rings. The molecule has 1 aromatic carbocycles. The number of hydrogen-bond donors (Lipinski definition) is 1. The van der Waals surface area contributed by atoms with Crippen molar-refractivity contribution in [3.8, 4) is 0 Å². The lowest BCUT2D eigenvalue weighted by atomic mass is 9.84. The third kappa shape index (κ3) is 3.30. The Balaban J connectivity index is 2.02. The zero-order chi connectivity index (χ0) is 13.1. The van der Waals surface area contributed by atoms with Crippen LogP contribution in [0.25, 0.3) is 0 Å². The zero-order valence-corrected chi connectivity index (χ0v) is 12.0. The van der Waals surface area contributed by atoms with E-state index in [-0.39, 0.29) is 0 Å². The normalized spacial score (nSPS) is 24.0. The fraction of sp³-hybridized carbons (Fsp3) is 0.571. The molecule has 0 radical (unpaired) electrons. The summed E-state index contributed by atoms with van der Waals surface area (Å²) < 4.78 is 13.1. The van der Waals surface area contributed by atoms with E-state index in [0.29, 0.717) is 21.8 Å². The second-order valence-electron chi connectivity index (χ2n) is 5.01. The predicted molar refractivity (Wildman–Crippen MR) is 76.1 cm³/mol. The topological polar surface area (TPSA) is 12.0 Å². The molecule has 0 aliphatic heterocycles. The van der Waals surface area contributed by atoms with Crippen LogP contribution in [0.1, 0.15) is 39.0 Å². The number of nitrogens with one attached hydrogen (secondary N) is 1. The Morgan fingerprint density at radius 3 is 2.22 bits per heavy atom. The highest BCUT2D eigenvalue weighted by molar-refractivity contribution is 6.39. The first-order valence-corrected chi connectivity index (χ1v) is 7.26. The highest BCUT2D eigenvalue weighted by Gasteiger charge is 2.21. The maximum Gasteiger partial charge on any atom is 0.126 e. The van der Waals surface area contributed by atoms with Gasteiger partial charge in [0.25, 0.3) is 0 Å². The first kappa shape index (κ1) is 14.0. The summed E-state index contributed by atoms with van der Waals surface area (Å²) >= 11 is 12.0. The van der Waals surface area contributed by atoms with Gasteiger partial charge in [-0.1, -0.05) is 36.5 Å². The van der Waals surface area contributed by atoms with E-state index in [4.69, 9.17) is 23.2 Å². The van der Waals surface area contributed by atoms with Crippen LogP contribution in [0.5, 0.6) is 0 Å². The third-order valence-corrected chi connectivity index (χ3v) is 4.38. The maximum absolute atomic E-state index is 13.1. The molecule has 1 fully saturated rings. The SMILES string of the molecule is CCC1CCC(Nc2c(Cl)cc(F)cc2Cl)CC1. The van der Waals surface area contributed by atoms with Crippen LogP contribution >= 0.6 is 23.2 Å². The molecule has 2 rings (SSSR count). The molecular formula is C14H18Cl2FN. The highest BCUT2D eigenvalue weighted by Crippen LogP contribution is 2.35. The van der Waals surface area contributed by atoms with Gasteiger partial charge in [-0.3, -0.25) is 0 Å². The summed E-state index contributed by atoms with van der Waals surface area (Å²) in [5.41, 5.74) is 0.666. The second kappa shape index (κ2) is 6.12. The van der Waals surface area contributed by atoms with E-state index in [1.807, 2.05) is 0 Å².